The van der Waals surface area contributed by atoms with Crippen LogP contribution in [0.2, 0.25) is 0 Å². The van der Waals surface area contributed by atoms with Crippen molar-refractivity contribution in [2.75, 3.05) is 11.9 Å². The summed E-state index contributed by atoms with van der Waals surface area (Å²) in [6.45, 7) is 5.69. The number of rotatable bonds is 2. The Balaban J connectivity index is 2.20. The Morgan fingerprint density at radius 2 is 2.21 bits per heavy atom. The second-order valence-corrected chi connectivity index (χ2v) is 4.62. The maximum absolute atomic E-state index is 3.44. The Hall–Kier alpha value is -0.980. The Bertz CT molecular complexity index is 315. The predicted octanol–water partition coefficient (Wildman–Crippen LogP) is 3.24. The zero-order valence-electron chi connectivity index (χ0n) is 9.14. The molecular weight excluding hydrogens is 170 g/mol. The normalized spacial score (nSPS) is 15.1. The van der Waals surface area contributed by atoms with Crippen molar-refractivity contribution in [3.05, 3.63) is 29.3 Å². The van der Waals surface area contributed by atoms with Gasteiger partial charge in [0, 0.05) is 12.2 Å². The standard InChI is InChI=1S/C13H19N/c1-10(2)8-11-5-6-13-12(9-11)4-3-7-14-13/h5-6,9-10,14H,3-4,7-8H2,1-2H3. The minimum absolute atomic E-state index is 0.754. The summed E-state index contributed by atoms with van der Waals surface area (Å²) in [4.78, 5) is 0. The van der Waals surface area contributed by atoms with E-state index in [1.807, 2.05) is 0 Å². The van der Waals surface area contributed by atoms with E-state index in [4.69, 9.17) is 0 Å². The molecule has 0 aliphatic carbocycles. The van der Waals surface area contributed by atoms with Gasteiger partial charge in [-0.1, -0.05) is 26.0 Å². The molecule has 1 aromatic rings. The van der Waals surface area contributed by atoms with Crippen LogP contribution in [0, 0.1) is 5.92 Å². The third-order valence-corrected chi connectivity index (χ3v) is 2.75. The van der Waals surface area contributed by atoms with Crippen molar-refractivity contribution in [2.24, 2.45) is 5.92 Å². The molecule has 1 N–H and O–H groups in total. The summed E-state index contributed by atoms with van der Waals surface area (Å²) >= 11 is 0. The molecule has 1 nitrogen and oxygen atoms in total. The summed E-state index contributed by atoms with van der Waals surface area (Å²) in [6, 6.07) is 6.88. The maximum Gasteiger partial charge on any atom is 0.0372 e. The van der Waals surface area contributed by atoms with Gasteiger partial charge in [0.15, 0.2) is 0 Å². The molecule has 0 amide bonds. The van der Waals surface area contributed by atoms with Crippen LogP contribution in [0.1, 0.15) is 31.4 Å². The van der Waals surface area contributed by atoms with Gasteiger partial charge in [0.05, 0.1) is 0 Å². The van der Waals surface area contributed by atoms with Gasteiger partial charge in [0.1, 0.15) is 0 Å². The lowest BCUT2D eigenvalue weighted by atomic mass is 9.96. The van der Waals surface area contributed by atoms with E-state index in [-0.39, 0.29) is 0 Å². The lowest BCUT2D eigenvalue weighted by Gasteiger charge is -2.19. The molecule has 0 fully saturated rings. The van der Waals surface area contributed by atoms with Crippen LogP contribution in [-0.2, 0) is 12.8 Å². The molecule has 0 spiro atoms. The first-order valence-corrected chi connectivity index (χ1v) is 5.61. The first kappa shape index (κ1) is 9.57. The summed E-state index contributed by atoms with van der Waals surface area (Å²) < 4.78 is 0. The highest BCUT2D eigenvalue weighted by molar-refractivity contribution is 5.54. The monoisotopic (exact) mass is 189 g/mol. The molecule has 0 unspecified atom stereocenters. The summed E-state index contributed by atoms with van der Waals surface area (Å²) in [7, 11) is 0. The highest BCUT2D eigenvalue weighted by Gasteiger charge is 2.08. The molecule has 0 atom stereocenters. The average Bonchev–Trinajstić information content (AvgIpc) is 2.17. The molecule has 76 valence electrons. The molecule has 0 bridgehead atoms. The second kappa shape index (κ2) is 4.04. The number of aryl methyl sites for hydroxylation is 1. The van der Waals surface area contributed by atoms with Gasteiger partial charge < -0.3 is 5.32 Å². The van der Waals surface area contributed by atoms with E-state index in [0.717, 1.165) is 12.5 Å². The van der Waals surface area contributed by atoms with Crippen molar-refractivity contribution in [1.82, 2.24) is 0 Å². The smallest absolute Gasteiger partial charge is 0.0372 e. The molecular formula is C13H19N. The van der Waals surface area contributed by atoms with Gasteiger partial charge in [-0.25, -0.2) is 0 Å². The van der Waals surface area contributed by atoms with E-state index in [1.54, 1.807) is 0 Å². The highest BCUT2D eigenvalue weighted by Crippen LogP contribution is 2.23. The van der Waals surface area contributed by atoms with Gasteiger partial charge in [-0.2, -0.15) is 0 Å². The number of hydrogen-bond acceptors (Lipinski definition) is 1. The summed E-state index contributed by atoms with van der Waals surface area (Å²) in [5.41, 5.74) is 4.35. The topological polar surface area (TPSA) is 12.0 Å². The maximum atomic E-state index is 3.44. The number of fused-ring (bicyclic) bond motifs is 1. The van der Waals surface area contributed by atoms with Crippen molar-refractivity contribution < 1.29 is 0 Å². The zero-order valence-corrected chi connectivity index (χ0v) is 9.14. The van der Waals surface area contributed by atoms with E-state index in [2.05, 4.69) is 37.4 Å². The molecule has 0 saturated carbocycles. The summed E-state index contributed by atoms with van der Waals surface area (Å²) in [6.07, 6.45) is 3.72. The lowest BCUT2D eigenvalue weighted by Crippen LogP contribution is -2.12. The van der Waals surface area contributed by atoms with Gasteiger partial charge in [-0.15, -0.1) is 0 Å². The minimum atomic E-state index is 0.754. The van der Waals surface area contributed by atoms with Gasteiger partial charge in [-0.3, -0.25) is 0 Å². The van der Waals surface area contributed by atoms with Crippen LogP contribution in [0.15, 0.2) is 18.2 Å². The molecule has 0 radical (unpaired) electrons. The largest absolute Gasteiger partial charge is 0.385 e. The molecule has 0 saturated heterocycles. The zero-order chi connectivity index (χ0) is 9.97. The van der Waals surface area contributed by atoms with Crippen LogP contribution < -0.4 is 5.32 Å². The van der Waals surface area contributed by atoms with Crippen molar-refractivity contribution in [3.63, 3.8) is 0 Å². The Kier molecular flexibility index (Phi) is 2.76. The van der Waals surface area contributed by atoms with Gasteiger partial charge >= 0.3 is 0 Å². The third kappa shape index (κ3) is 2.09. The molecule has 14 heavy (non-hydrogen) atoms. The fraction of sp³-hybridized carbons (Fsp3) is 0.538. The van der Waals surface area contributed by atoms with Crippen LogP contribution in [0.25, 0.3) is 0 Å². The van der Waals surface area contributed by atoms with E-state index in [9.17, 15) is 0 Å². The lowest BCUT2D eigenvalue weighted by molar-refractivity contribution is 0.646. The van der Waals surface area contributed by atoms with E-state index < -0.39 is 0 Å². The Morgan fingerprint density at radius 1 is 1.36 bits per heavy atom. The summed E-state index contributed by atoms with van der Waals surface area (Å²) in [5.74, 6) is 0.754. The molecule has 1 heterocycles. The van der Waals surface area contributed by atoms with Crippen LogP contribution in [0.5, 0.6) is 0 Å². The summed E-state index contributed by atoms with van der Waals surface area (Å²) in [5, 5.41) is 3.44. The number of benzene rings is 1. The van der Waals surface area contributed by atoms with Crippen LogP contribution in [-0.4, -0.2) is 6.54 Å². The fourth-order valence-corrected chi connectivity index (χ4v) is 2.13. The number of nitrogens with one attached hydrogen (secondary N) is 1. The van der Waals surface area contributed by atoms with Crippen molar-refractivity contribution in [3.8, 4) is 0 Å². The van der Waals surface area contributed by atoms with Crippen molar-refractivity contribution in [2.45, 2.75) is 33.1 Å². The number of hydrogen-bond donors (Lipinski definition) is 1. The second-order valence-electron chi connectivity index (χ2n) is 4.62. The SMILES string of the molecule is CC(C)Cc1ccc2c(c1)CCCN2. The highest BCUT2D eigenvalue weighted by atomic mass is 14.9. The molecule has 0 aromatic heterocycles. The molecule has 1 aromatic carbocycles. The Morgan fingerprint density at radius 3 is 3.00 bits per heavy atom. The van der Waals surface area contributed by atoms with E-state index in [1.165, 1.54) is 36.1 Å². The molecule has 1 heteroatoms. The van der Waals surface area contributed by atoms with Gasteiger partial charge in [-0.05, 0) is 42.4 Å². The Labute approximate surface area is 86.5 Å². The van der Waals surface area contributed by atoms with Crippen molar-refractivity contribution in [1.29, 1.82) is 0 Å². The minimum Gasteiger partial charge on any atom is -0.385 e. The van der Waals surface area contributed by atoms with E-state index >= 15 is 0 Å². The van der Waals surface area contributed by atoms with Gasteiger partial charge in [0.25, 0.3) is 0 Å². The quantitative estimate of drug-likeness (QED) is 0.753. The first-order chi connectivity index (χ1) is 6.75. The first-order valence-electron chi connectivity index (χ1n) is 5.61. The van der Waals surface area contributed by atoms with Gasteiger partial charge in [0.2, 0.25) is 0 Å². The van der Waals surface area contributed by atoms with Crippen LogP contribution in [0.4, 0.5) is 5.69 Å². The van der Waals surface area contributed by atoms with Crippen LogP contribution >= 0.6 is 0 Å². The third-order valence-electron chi connectivity index (χ3n) is 2.75. The van der Waals surface area contributed by atoms with E-state index in [0.29, 0.717) is 0 Å². The molecule has 1 aliphatic rings. The molecule has 2 rings (SSSR count). The van der Waals surface area contributed by atoms with Crippen molar-refractivity contribution >= 4 is 5.69 Å². The molecule has 1 aliphatic heterocycles. The number of anilines is 1. The average molecular weight is 189 g/mol. The fourth-order valence-electron chi connectivity index (χ4n) is 2.13. The predicted molar refractivity (Wildman–Crippen MR) is 61.8 cm³/mol. The van der Waals surface area contributed by atoms with Crippen LogP contribution in [0.3, 0.4) is 0 Å².